The minimum absolute atomic E-state index is 0.0559. The second-order valence-corrected chi connectivity index (χ2v) is 2.32. The van der Waals surface area contributed by atoms with Gasteiger partial charge in [-0.2, -0.15) is 4.91 Å². The molecule has 0 atom stereocenters. The van der Waals surface area contributed by atoms with Crippen LogP contribution in [-0.2, 0) is 0 Å². The van der Waals surface area contributed by atoms with Crippen LogP contribution in [0.25, 0.3) is 0 Å². The van der Waals surface area contributed by atoms with E-state index in [9.17, 15) is 10.1 Å². The Kier molecular flexibility index (Phi) is 8.14. The zero-order valence-corrected chi connectivity index (χ0v) is 7.03. The maximum absolute atomic E-state index is 10.8. The number of nitrogens with zero attached hydrogens (tertiary/aromatic N) is 2. The molecule has 6 heteroatoms. The summed E-state index contributed by atoms with van der Waals surface area (Å²) >= 11 is 0. The molecule has 72 valence electrons. The van der Waals surface area contributed by atoms with E-state index in [1.807, 2.05) is 0 Å². The van der Waals surface area contributed by atoms with Crippen LogP contribution in [0.15, 0.2) is 5.18 Å². The highest BCUT2D eigenvalue weighted by Crippen LogP contribution is 1.82. The monoisotopic (exact) mass is 175 g/mol. The molecule has 0 saturated heterocycles. The molecule has 6 nitrogen and oxygen atoms in total. The van der Waals surface area contributed by atoms with E-state index in [-0.39, 0.29) is 13.1 Å². The van der Waals surface area contributed by atoms with Crippen LogP contribution in [0.2, 0.25) is 0 Å². The summed E-state index contributed by atoms with van der Waals surface area (Å²) in [5.41, 5.74) is 5.22. The molecule has 0 aliphatic carbocycles. The van der Waals surface area contributed by atoms with Crippen LogP contribution in [0.5, 0.6) is 0 Å². The van der Waals surface area contributed by atoms with Gasteiger partial charge in [0, 0.05) is 26.2 Å². The van der Waals surface area contributed by atoms with Crippen molar-refractivity contribution < 1.29 is 0 Å². The van der Waals surface area contributed by atoms with Crippen molar-refractivity contribution in [2.24, 2.45) is 10.9 Å². The SMILES string of the molecule is NCCNCCN([O-])CCN=O. The summed E-state index contributed by atoms with van der Waals surface area (Å²) in [6.45, 7) is 2.47. The molecule has 0 aromatic heterocycles. The normalized spacial score (nSPS) is 10.6. The number of nitroso groups, excluding NO2 is 1. The van der Waals surface area contributed by atoms with E-state index in [0.717, 1.165) is 5.06 Å². The summed E-state index contributed by atoms with van der Waals surface area (Å²) in [7, 11) is 0. The van der Waals surface area contributed by atoms with Crippen molar-refractivity contribution >= 4 is 0 Å². The highest BCUT2D eigenvalue weighted by Gasteiger charge is 1.90. The van der Waals surface area contributed by atoms with E-state index in [4.69, 9.17) is 5.73 Å². The number of nitrogens with one attached hydrogen (secondary N) is 1. The molecule has 0 aliphatic rings. The molecule has 0 aromatic rings. The molecular formula is C6H15N4O2-. The quantitative estimate of drug-likeness (QED) is 0.283. The fourth-order valence-corrected chi connectivity index (χ4v) is 0.695. The molecule has 3 N–H and O–H groups in total. The van der Waals surface area contributed by atoms with E-state index >= 15 is 0 Å². The Morgan fingerprint density at radius 3 is 2.75 bits per heavy atom. The summed E-state index contributed by atoms with van der Waals surface area (Å²) in [6, 6.07) is 0. The Labute approximate surface area is 71.7 Å². The number of nitrogens with two attached hydrogens (primary N) is 1. The molecule has 0 amide bonds. The minimum Gasteiger partial charge on any atom is -0.785 e. The molecule has 0 unspecified atom stereocenters. The lowest BCUT2D eigenvalue weighted by atomic mass is 10.5. The summed E-state index contributed by atoms with van der Waals surface area (Å²) in [5, 5.41) is 17.2. The third kappa shape index (κ3) is 7.55. The Morgan fingerprint density at radius 2 is 2.17 bits per heavy atom. The van der Waals surface area contributed by atoms with E-state index in [2.05, 4.69) is 10.5 Å². The molecule has 0 saturated carbocycles. The van der Waals surface area contributed by atoms with Crippen LogP contribution in [0.4, 0.5) is 0 Å². The zero-order chi connectivity index (χ0) is 9.23. The lowest BCUT2D eigenvalue weighted by Gasteiger charge is -2.26. The van der Waals surface area contributed by atoms with Crippen molar-refractivity contribution in [2.75, 3.05) is 39.3 Å². The van der Waals surface area contributed by atoms with Gasteiger partial charge in [0.15, 0.2) is 0 Å². The largest absolute Gasteiger partial charge is 0.785 e. The third-order valence-electron chi connectivity index (χ3n) is 1.30. The predicted octanol–water partition coefficient (Wildman–Crippen LogP) is -0.899. The van der Waals surface area contributed by atoms with Crippen LogP contribution in [-0.4, -0.2) is 44.3 Å². The molecule has 0 fully saturated rings. The van der Waals surface area contributed by atoms with Gasteiger partial charge in [0.05, 0.1) is 6.54 Å². The molecule has 0 bridgehead atoms. The topological polar surface area (TPSA) is 93.8 Å². The predicted molar refractivity (Wildman–Crippen MR) is 47.5 cm³/mol. The third-order valence-corrected chi connectivity index (χ3v) is 1.30. The van der Waals surface area contributed by atoms with Crippen LogP contribution in [0.3, 0.4) is 0 Å². The van der Waals surface area contributed by atoms with Crippen LogP contribution >= 0.6 is 0 Å². The van der Waals surface area contributed by atoms with Gasteiger partial charge in [-0.25, -0.2) is 0 Å². The van der Waals surface area contributed by atoms with Gasteiger partial charge in [-0.15, -0.1) is 0 Å². The highest BCUT2D eigenvalue weighted by atomic mass is 16.5. The average molecular weight is 175 g/mol. The van der Waals surface area contributed by atoms with Crippen molar-refractivity contribution in [3.05, 3.63) is 10.1 Å². The molecule has 0 rings (SSSR count). The molecule has 0 radical (unpaired) electrons. The van der Waals surface area contributed by atoms with Crippen molar-refractivity contribution in [3.63, 3.8) is 0 Å². The lowest BCUT2D eigenvalue weighted by molar-refractivity contribution is 0.382. The minimum atomic E-state index is 0.0559. The second kappa shape index (κ2) is 8.54. The first kappa shape index (κ1) is 11.4. The van der Waals surface area contributed by atoms with Gasteiger partial charge in [0.1, 0.15) is 0 Å². The first-order chi connectivity index (χ1) is 5.81. The molecule has 0 aromatic carbocycles. The number of rotatable bonds is 8. The molecular weight excluding hydrogens is 160 g/mol. The van der Waals surface area contributed by atoms with Crippen molar-refractivity contribution in [3.8, 4) is 0 Å². The van der Waals surface area contributed by atoms with Gasteiger partial charge >= 0.3 is 0 Å². The molecule has 0 aliphatic heterocycles. The average Bonchev–Trinajstić information content (AvgIpc) is 2.09. The number of hydrogen-bond donors (Lipinski definition) is 2. The van der Waals surface area contributed by atoms with Crippen molar-refractivity contribution in [2.45, 2.75) is 0 Å². The smallest absolute Gasteiger partial charge is 0.0928 e. The van der Waals surface area contributed by atoms with E-state index in [1.54, 1.807) is 0 Å². The van der Waals surface area contributed by atoms with Gasteiger partial charge in [-0.3, -0.25) is 0 Å². The fourth-order valence-electron chi connectivity index (χ4n) is 0.695. The summed E-state index contributed by atoms with van der Waals surface area (Å²) in [5.74, 6) is 0. The van der Waals surface area contributed by atoms with Gasteiger partial charge in [0.25, 0.3) is 0 Å². The maximum Gasteiger partial charge on any atom is 0.0928 e. The number of hydrogen-bond acceptors (Lipinski definition) is 6. The van der Waals surface area contributed by atoms with Gasteiger partial charge < -0.3 is 21.3 Å². The number of hydroxylamine groups is 2. The summed E-state index contributed by atoms with van der Waals surface area (Å²) < 4.78 is 0. The maximum atomic E-state index is 10.8. The second-order valence-electron chi connectivity index (χ2n) is 2.32. The summed E-state index contributed by atoms with van der Waals surface area (Å²) in [4.78, 5) is 9.64. The Bertz CT molecular complexity index is 112. The van der Waals surface area contributed by atoms with Gasteiger partial charge in [-0.05, 0) is 6.54 Å². The summed E-state index contributed by atoms with van der Waals surface area (Å²) in [6.07, 6.45) is 0. The Balaban J connectivity index is 3.07. The lowest BCUT2D eigenvalue weighted by Crippen LogP contribution is -2.32. The van der Waals surface area contributed by atoms with E-state index in [1.165, 1.54) is 0 Å². The van der Waals surface area contributed by atoms with E-state index in [0.29, 0.717) is 26.2 Å². The Morgan fingerprint density at radius 1 is 1.42 bits per heavy atom. The van der Waals surface area contributed by atoms with Crippen LogP contribution in [0, 0.1) is 10.1 Å². The van der Waals surface area contributed by atoms with Crippen LogP contribution < -0.4 is 11.1 Å². The Hall–Kier alpha value is -0.560. The van der Waals surface area contributed by atoms with Crippen LogP contribution in [0.1, 0.15) is 0 Å². The zero-order valence-electron chi connectivity index (χ0n) is 7.03. The standard InChI is InChI=1S/C6H15N4O2/c7-1-2-8-3-5-10(12)6-4-9-11/h8H,1-7H2/q-1. The fraction of sp³-hybridized carbons (Fsp3) is 1.00. The molecule has 12 heavy (non-hydrogen) atoms. The van der Waals surface area contributed by atoms with Gasteiger partial charge in [-0.1, -0.05) is 5.18 Å². The van der Waals surface area contributed by atoms with Crippen molar-refractivity contribution in [1.29, 1.82) is 0 Å². The van der Waals surface area contributed by atoms with Gasteiger partial charge in [0.2, 0.25) is 0 Å². The highest BCUT2D eigenvalue weighted by molar-refractivity contribution is 4.60. The first-order valence-corrected chi connectivity index (χ1v) is 3.93. The van der Waals surface area contributed by atoms with Crippen molar-refractivity contribution in [1.82, 2.24) is 10.4 Å². The molecule has 0 heterocycles. The van der Waals surface area contributed by atoms with E-state index < -0.39 is 0 Å². The molecule has 0 spiro atoms. The first-order valence-electron chi connectivity index (χ1n) is 3.93.